The first-order valence-electron chi connectivity index (χ1n) is 10.8. The fraction of sp³-hybridized carbons (Fsp3) is 0. The fourth-order valence-electron chi connectivity index (χ4n) is 2.54. The van der Waals surface area contributed by atoms with Crippen molar-refractivity contribution in [3.63, 3.8) is 0 Å². The summed E-state index contributed by atoms with van der Waals surface area (Å²) < 4.78 is 0. The van der Waals surface area contributed by atoms with Crippen molar-refractivity contribution >= 4 is 58.5 Å². The quantitative estimate of drug-likeness (QED) is 0.0880. The third-order valence-electron chi connectivity index (χ3n) is 4.12. The minimum atomic E-state index is 0. The summed E-state index contributed by atoms with van der Waals surface area (Å²) in [5.41, 5.74) is 11.2. The van der Waals surface area contributed by atoms with Crippen molar-refractivity contribution in [3.05, 3.63) is 132 Å². The average molecular weight is 576 g/mol. The molecule has 2 aromatic carbocycles. The number of anilines is 2. The molecule has 37 heavy (non-hydrogen) atoms. The molecule has 0 amide bonds. The summed E-state index contributed by atoms with van der Waals surface area (Å²) in [4.78, 5) is 8.19. The van der Waals surface area contributed by atoms with Gasteiger partial charge in [0.25, 0.3) is 0 Å². The zero-order valence-electron chi connectivity index (χ0n) is 19.4. The van der Waals surface area contributed by atoms with E-state index >= 15 is 0 Å². The van der Waals surface area contributed by atoms with Gasteiger partial charge >= 0.3 is 0 Å². The number of nitrogens with one attached hydrogen (secondary N) is 2. The van der Waals surface area contributed by atoms with Gasteiger partial charge in [0.1, 0.15) is 0 Å². The average Bonchev–Trinajstić information content (AvgIpc) is 2.91. The molecule has 1 radical (unpaired) electrons. The minimum absolute atomic E-state index is 0. The maximum atomic E-state index is 4.19. The first-order chi connectivity index (χ1) is 17.7. The van der Waals surface area contributed by atoms with Gasteiger partial charge < -0.3 is 31.7 Å². The molecule has 191 valence electrons. The molecule has 0 aliphatic rings. The number of hydrogen-bond acceptors (Lipinski definition) is 4. The van der Waals surface area contributed by atoms with Crippen LogP contribution >= 0.6 is 0 Å². The predicted molar refractivity (Wildman–Crippen MR) is 158 cm³/mol. The Morgan fingerprint density at radius 1 is 0.595 bits per heavy atom. The van der Waals surface area contributed by atoms with Crippen molar-refractivity contribution in [2.24, 2.45) is 10.2 Å². The van der Waals surface area contributed by atoms with Crippen molar-refractivity contribution in [1.82, 2.24) is 9.97 Å². The Morgan fingerprint density at radius 2 is 0.973 bits per heavy atom. The molecule has 0 atom stereocenters. The van der Waals surface area contributed by atoms with E-state index in [1.54, 1.807) is 24.8 Å². The molecule has 0 aliphatic heterocycles. The van der Waals surface area contributed by atoms with E-state index in [2.05, 4.69) is 66.1 Å². The van der Waals surface area contributed by atoms with E-state index in [0.717, 1.165) is 22.8 Å². The van der Waals surface area contributed by atoms with Crippen molar-refractivity contribution < 1.29 is 17.1 Å². The van der Waals surface area contributed by atoms with Crippen molar-refractivity contribution in [2.75, 3.05) is 10.6 Å². The number of rotatable bonds is 6. The number of thiol groups is 2. The number of pyridine rings is 2. The van der Waals surface area contributed by atoms with Crippen LogP contribution in [-0.4, -0.2) is 32.6 Å². The second-order valence-electron chi connectivity index (χ2n) is 6.83. The van der Waals surface area contributed by atoms with Crippen molar-refractivity contribution in [3.8, 4) is 0 Å². The van der Waals surface area contributed by atoms with Crippen LogP contribution in [0.3, 0.4) is 0 Å². The van der Waals surface area contributed by atoms with Crippen LogP contribution in [0.4, 0.5) is 11.4 Å². The van der Waals surface area contributed by atoms with E-state index in [1.165, 1.54) is 0 Å². The Balaban J connectivity index is 0.000000253. The zero-order valence-corrected chi connectivity index (χ0v) is 22.2. The molecule has 2 heterocycles. The van der Waals surface area contributed by atoms with E-state index in [1.807, 2.05) is 97.1 Å². The molecule has 4 aromatic rings. The van der Waals surface area contributed by atoms with Crippen LogP contribution in [-0.2, 0) is 41.5 Å². The third kappa shape index (κ3) is 12.5. The Morgan fingerprint density at radius 3 is 1.32 bits per heavy atom. The van der Waals surface area contributed by atoms with Gasteiger partial charge in [-0.2, -0.15) is 0 Å². The summed E-state index contributed by atoms with van der Waals surface area (Å²) in [7, 11) is 0. The van der Waals surface area contributed by atoms with Crippen LogP contribution in [0.1, 0.15) is 11.4 Å². The molecule has 0 saturated carbocycles. The maximum absolute atomic E-state index is 4.19. The fourth-order valence-corrected chi connectivity index (χ4v) is 2.90. The van der Waals surface area contributed by atoms with Crippen LogP contribution in [0.5, 0.6) is 0 Å². The molecule has 0 bridgehead atoms. The Labute approximate surface area is 237 Å². The van der Waals surface area contributed by atoms with Crippen LogP contribution < -0.4 is 10.6 Å². The molecule has 2 N–H and O–H groups in total. The molecular weight excluding hydrogens is 552 g/mol. The number of nitrogens with zero attached hydrogens (tertiary/aromatic N) is 6. The SMILES string of the molecule is [Cu].[SH+]=C([N-]N=Cc1ccccn1)Nc1ccccc1.[SH+]=C([N-]N=Cc1ccccn1)Nc1ccccc1. The molecular formula is C26H24CuN8S2. The third-order valence-corrected chi connectivity index (χ3v) is 4.52. The molecule has 0 spiro atoms. The van der Waals surface area contributed by atoms with Gasteiger partial charge in [-0.1, -0.05) is 48.5 Å². The molecule has 11 heteroatoms. The second-order valence-corrected chi connectivity index (χ2v) is 7.67. The Bertz CT molecular complexity index is 1160. The smallest absolute Gasteiger partial charge is 0.212 e. The molecule has 4 rings (SSSR count). The first kappa shape index (κ1) is 29.2. The molecule has 0 fully saturated rings. The van der Waals surface area contributed by atoms with E-state index in [4.69, 9.17) is 0 Å². The summed E-state index contributed by atoms with van der Waals surface area (Å²) in [6.45, 7) is 0. The topological polar surface area (TPSA) is 103 Å². The second kappa shape index (κ2) is 17.4. The van der Waals surface area contributed by atoms with Gasteiger partial charge in [0.2, 0.25) is 10.2 Å². The number of para-hydroxylation sites is 2. The summed E-state index contributed by atoms with van der Waals surface area (Å²) in [5.74, 6) is 0. The summed E-state index contributed by atoms with van der Waals surface area (Å²) in [6, 6.07) is 30.5. The minimum Gasteiger partial charge on any atom is -0.510 e. The Kier molecular flexibility index (Phi) is 13.7. The van der Waals surface area contributed by atoms with Crippen LogP contribution in [0.25, 0.3) is 10.9 Å². The van der Waals surface area contributed by atoms with Gasteiger partial charge in [-0.05, 0) is 48.5 Å². The van der Waals surface area contributed by atoms with Gasteiger partial charge in [0, 0.05) is 53.3 Å². The molecule has 0 unspecified atom stereocenters. The van der Waals surface area contributed by atoms with Crippen LogP contribution in [0.15, 0.2) is 120 Å². The van der Waals surface area contributed by atoms with E-state index in [9.17, 15) is 0 Å². The van der Waals surface area contributed by atoms with Crippen molar-refractivity contribution in [2.45, 2.75) is 0 Å². The number of benzene rings is 2. The van der Waals surface area contributed by atoms with Gasteiger partial charge in [-0.15, -0.1) is 0 Å². The van der Waals surface area contributed by atoms with Gasteiger partial charge in [0.15, 0.2) is 24.4 Å². The summed E-state index contributed by atoms with van der Waals surface area (Å²) in [5, 5.41) is 14.7. The molecule has 0 saturated heterocycles. The van der Waals surface area contributed by atoms with E-state index in [0.29, 0.717) is 10.2 Å². The molecule has 2 aromatic heterocycles. The Hall–Kier alpha value is -4.02. The standard InChI is InChI=1S/2C13H12N4S.Cu/c2*18-13(16-11-6-2-1-3-7-11)17-15-10-12-8-4-5-9-14-12;/h2*1-10H,(H2,14,16,17,18);. The van der Waals surface area contributed by atoms with Gasteiger partial charge in [0.05, 0.1) is 11.4 Å². The summed E-state index contributed by atoms with van der Waals surface area (Å²) >= 11 is 8.39. The maximum Gasteiger partial charge on any atom is 0.212 e. The van der Waals surface area contributed by atoms with Gasteiger partial charge in [-0.3, -0.25) is 9.97 Å². The summed E-state index contributed by atoms with van der Waals surface area (Å²) in [6.07, 6.45) is 6.55. The normalized spacial score (nSPS) is 9.95. The van der Waals surface area contributed by atoms with Crippen LogP contribution in [0.2, 0.25) is 0 Å². The van der Waals surface area contributed by atoms with Crippen LogP contribution in [0, 0.1) is 0 Å². The predicted octanol–water partition coefficient (Wildman–Crippen LogP) is 4.53. The first-order valence-corrected chi connectivity index (χ1v) is 11.6. The zero-order chi connectivity index (χ0) is 25.3. The monoisotopic (exact) mass is 575 g/mol. The van der Waals surface area contributed by atoms with E-state index in [-0.39, 0.29) is 17.1 Å². The number of hydrogen-bond donors (Lipinski definition) is 2. The van der Waals surface area contributed by atoms with E-state index < -0.39 is 0 Å². The largest absolute Gasteiger partial charge is 0.510 e. The molecule has 0 aliphatic carbocycles. The number of aromatic nitrogens is 2. The van der Waals surface area contributed by atoms with Crippen molar-refractivity contribution in [1.29, 1.82) is 0 Å². The molecule has 8 nitrogen and oxygen atoms in total. The van der Waals surface area contributed by atoms with Gasteiger partial charge in [-0.25, -0.2) is 0 Å².